The highest BCUT2D eigenvalue weighted by Gasteiger charge is 2.14. The molecule has 0 radical (unpaired) electrons. The van der Waals surface area contributed by atoms with Crippen molar-refractivity contribution in [2.75, 3.05) is 5.32 Å². The third kappa shape index (κ3) is 4.01. The summed E-state index contributed by atoms with van der Waals surface area (Å²) in [5.41, 5.74) is 1.15. The van der Waals surface area contributed by atoms with Gasteiger partial charge in [-0.25, -0.2) is 0 Å². The van der Waals surface area contributed by atoms with Crippen molar-refractivity contribution in [1.29, 1.82) is 0 Å². The lowest BCUT2D eigenvalue weighted by atomic mass is 10.1. The summed E-state index contributed by atoms with van der Waals surface area (Å²) < 4.78 is 25.1. The normalized spacial score (nSPS) is 12.4. The van der Waals surface area contributed by atoms with E-state index < -0.39 is 5.76 Å². The van der Waals surface area contributed by atoms with Crippen LogP contribution < -0.4 is 5.32 Å². The molecule has 21 heavy (non-hydrogen) atoms. The van der Waals surface area contributed by atoms with E-state index in [1.54, 1.807) is 37.3 Å². The Bertz CT molecular complexity index is 622. The first kappa shape index (κ1) is 15.4. The van der Waals surface area contributed by atoms with E-state index in [0.29, 0.717) is 27.9 Å². The second-order valence-electron chi connectivity index (χ2n) is 4.48. The number of phenolic OH excluding ortho intramolecular Hbond substituents is 2. The van der Waals surface area contributed by atoms with Gasteiger partial charge in [0.15, 0.2) is 0 Å². The Morgan fingerprint density at radius 2 is 1.81 bits per heavy atom. The van der Waals surface area contributed by atoms with Gasteiger partial charge in [0.25, 0.3) is 5.76 Å². The molecule has 112 valence electrons. The second kappa shape index (κ2) is 6.67. The van der Waals surface area contributed by atoms with Crippen molar-refractivity contribution in [3.05, 3.63) is 48.0 Å². The summed E-state index contributed by atoms with van der Waals surface area (Å²) in [6, 6.07) is 10.8. The summed E-state index contributed by atoms with van der Waals surface area (Å²) in [4.78, 5) is 0.442. The Hall–Kier alpha value is -1.95. The third-order valence-electron chi connectivity index (χ3n) is 2.96. The molecule has 6 heteroatoms. The molecule has 0 aliphatic carbocycles. The summed E-state index contributed by atoms with van der Waals surface area (Å²) >= 11 is 0.471. The molecule has 0 spiro atoms. The van der Waals surface area contributed by atoms with E-state index in [-0.39, 0.29) is 17.5 Å². The Balaban J connectivity index is 2.21. The highest BCUT2D eigenvalue weighted by atomic mass is 32.2. The van der Waals surface area contributed by atoms with Crippen LogP contribution in [0.3, 0.4) is 0 Å². The minimum absolute atomic E-state index is 0.0305. The monoisotopic (exact) mass is 311 g/mol. The highest BCUT2D eigenvalue weighted by molar-refractivity contribution is 7.99. The zero-order chi connectivity index (χ0) is 15.4. The number of aromatic hydroxyl groups is 2. The molecule has 0 aliphatic rings. The van der Waals surface area contributed by atoms with E-state index in [0.717, 1.165) is 0 Å². The quantitative estimate of drug-likeness (QED) is 0.707. The fourth-order valence-electron chi connectivity index (χ4n) is 1.99. The summed E-state index contributed by atoms with van der Waals surface area (Å²) in [6.07, 6.45) is 0. The van der Waals surface area contributed by atoms with Gasteiger partial charge in [-0.05, 0) is 31.2 Å². The average molecular weight is 311 g/mol. The van der Waals surface area contributed by atoms with Gasteiger partial charge in [-0.2, -0.15) is 8.78 Å². The standard InChI is InChI=1S/C15H15F2NO2S/c1-9(11-7-6-10(19)8-13(11)20)18-12-4-2-3-5-14(12)21-15(16)17/h2-9,15,18-20H,1H3. The fourth-order valence-corrected chi connectivity index (χ4v) is 2.60. The van der Waals surface area contributed by atoms with Gasteiger partial charge in [0.2, 0.25) is 0 Å². The van der Waals surface area contributed by atoms with Gasteiger partial charge in [0.1, 0.15) is 11.5 Å². The lowest BCUT2D eigenvalue weighted by Gasteiger charge is -2.19. The van der Waals surface area contributed by atoms with Crippen molar-refractivity contribution in [2.45, 2.75) is 23.6 Å². The number of thioether (sulfide) groups is 1. The zero-order valence-electron chi connectivity index (χ0n) is 11.3. The topological polar surface area (TPSA) is 52.5 Å². The molecule has 0 aromatic heterocycles. The Morgan fingerprint density at radius 1 is 1.10 bits per heavy atom. The molecule has 0 bridgehead atoms. The summed E-state index contributed by atoms with van der Waals surface area (Å²) in [6.45, 7) is 1.80. The molecule has 0 aliphatic heterocycles. The van der Waals surface area contributed by atoms with Crippen molar-refractivity contribution in [3.8, 4) is 11.5 Å². The first-order valence-corrected chi connectivity index (χ1v) is 7.17. The molecule has 0 saturated heterocycles. The van der Waals surface area contributed by atoms with E-state index in [1.807, 2.05) is 0 Å². The Kier molecular flexibility index (Phi) is 4.90. The van der Waals surface area contributed by atoms with Gasteiger partial charge in [-0.3, -0.25) is 0 Å². The van der Waals surface area contributed by atoms with Gasteiger partial charge in [0.05, 0.1) is 6.04 Å². The predicted octanol–water partition coefficient (Wildman–Crippen LogP) is 4.59. The number of benzene rings is 2. The lowest BCUT2D eigenvalue weighted by Crippen LogP contribution is -2.07. The molecule has 0 saturated carbocycles. The molecule has 3 N–H and O–H groups in total. The van der Waals surface area contributed by atoms with Gasteiger partial charge >= 0.3 is 0 Å². The van der Waals surface area contributed by atoms with Crippen molar-refractivity contribution in [2.24, 2.45) is 0 Å². The number of halogens is 2. The molecule has 1 unspecified atom stereocenters. The number of alkyl halides is 2. The molecule has 2 rings (SSSR count). The molecule has 0 amide bonds. The van der Waals surface area contributed by atoms with Gasteiger partial charge in [-0.1, -0.05) is 23.9 Å². The van der Waals surface area contributed by atoms with Crippen LogP contribution >= 0.6 is 11.8 Å². The molecule has 2 aromatic carbocycles. The maximum Gasteiger partial charge on any atom is 0.288 e. The fraction of sp³-hybridized carbons (Fsp3) is 0.200. The van der Waals surface area contributed by atoms with Crippen LogP contribution in [-0.2, 0) is 0 Å². The summed E-state index contributed by atoms with van der Waals surface area (Å²) in [7, 11) is 0. The van der Waals surface area contributed by atoms with E-state index >= 15 is 0 Å². The van der Waals surface area contributed by atoms with E-state index in [9.17, 15) is 19.0 Å². The number of para-hydroxylation sites is 1. The Labute approximate surface area is 125 Å². The van der Waals surface area contributed by atoms with Crippen LogP contribution in [0.4, 0.5) is 14.5 Å². The molecule has 3 nitrogen and oxygen atoms in total. The largest absolute Gasteiger partial charge is 0.508 e. The number of phenols is 2. The van der Waals surface area contributed by atoms with Crippen molar-refractivity contribution in [3.63, 3.8) is 0 Å². The van der Waals surface area contributed by atoms with Crippen LogP contribution in [-0.4, -0.2) is 16.0 Å². The molecule has 1 atom stereocenters. The van der Waals surface area contributed by atoms with Crippen LogP contribution in [0.2, 0.25) is 0 Å². The molecule has 0 heterocycles. The van der Waals surface area contributed by atoms with Crippen LogP contribution in [0.15, 0.2) is 47.4 Å². The predicted molar refractivity (Wildman–Crippen MR) is 80.1 cm³/mol. The van der Waals surface area contributed by atoms with Crippen LogP contribution in [0.5, 0.6) is 11.5 Å². The number of nitrogens with one attached hydrogen (secondary N) is 1. The smallest absolute Gasteiger partial charge is 0.288 e. The zero-order valence-corrected chi connectivity index (χ0v) is 12.1. The minimum atomic E-state index is -2.50. The molecular formula is C15H15F2NO2S. The lowest BCUT2D eigenvalue weighted by molar-refractivity contribution is 0.252. The maximum atomic E-state index is 12.5. The maximum absolute atomic E-state index is 12.5. The minimum Gasteiger partial charge on any atom is -0.508 e. The van der Waals surface area contributed by atoms with E-state index in [1.165, 1.54) is 12.1 Å². The highest BCUT2D eigenvalue weighted by Crippen LogP contribution is 2.35. The van der Waals surface area contributed by atoms with Crippen LogP contribution in [0, 0.1) is 0 Å². The van der Waals surface area contributed by atoms with Crippen molar-refractivity contribution in [1.82, 2.24) is 0 Å². The van der Waals surface area contributed by atoms with Crippen molar-refractivity contribution < 1.29 is 19.0 Å². The average Bonchev–Trinajstić information content (AvgIpc) is 2.40. The Morgan fingerprint density at radius 3 is 2.48 bits per heavy atom. The first-order chi connectivity index (χ1) is 9.97. The first-order valence-electron chi connectivity index (χ1n) is 6.29. The molecular weight excluding hydrogens is 296 g/mol. The second-order valence-corrected chi connectivity index (χ2v) is 5.52. The SMILES string of the molecule is CC(Nc1ccccc1SC(F)F)c1ccc(O)cc1O. The summed E-state index contributed by atoms with van der Waals surface area (Å²) in [5.74, 6) is -2.57. The van der Waals surface area contributed by atoms with Gasteiger partial charge in [-0.15, -0.1) is 0 Å². The number of anilines is 1. The number of hydrogen-bond acceptors (Lipinski definition) is 4. The van der Waals surface area contributed by atoms with Gasteiger partial charge < -0.3 is 15.5 Å². The number of hydrogen-bond donors (Lipinski definition) is 3. The van der Waals surface area contributed by atoms with Crippen LogP contribution in [0.1, 0.15) is 18.5 Å². The van der Waals surface area contributed by atoms with Gasteiger partial charge in [0, 0.05) is 22.2 Å². The number of rotatable bonds is 5. The van der Waals surface area contributed by atoms with E-state index in [4.69, 9.17) is 0 Å². The van der Waals surface area contributed by atoms with E-state index in [2.05, 4.69) is 5.32 Å². The molecule has 2 aromatic rings. The van der Waals surface area contributed by atoms with Crippen molar-refractivity contribution >= 4 is 17.4 Å². The third-order valence-corrected chi connectivity index (χ3v) is 3.74. The van der Waals surface area contributed by atoms with Crippen LogP contribution in [0.25, 0.3) is 0 Å². The molecule has 0 fully saturated rings. The summed E-state index contributed by atoms with van der Waals surface area (Å²) in [5, 5.41) is 22.2.